The van der Waals surface area contributed by atoms with E-state index in [1.807, 2.05) is 29.6 Å². The molecule has 8 heteroatoms. The molecule has 0 aliphatic carbocycles. The van der Waals surface area contributed by atoms with E-state index < -0.39 is 5.92 Å². The number of anilines is 1. The van der Waals surface area contributed by atoms with Gasteiger partial charge in [0.1, 0.15) is 11.6 Å². The van der Waals surface area contributed by atoms with E-state index in [2.05, 4.69) is 15.3 Å². The maximum Gasteiger partial charge on any atom is 0.260 e. The number of pyridine rings is 2. The minimum atomic E-state index is -0.483. The van der Waals surface area contributed by atoms with Crippen LogP contribution in [0.1, 0.15) is 18.4 Å². The quantitative estimate of drug-likeness (QED) is 0.353. The molecule has 0 aliphatic heterocycles. The monoisotopic (exact) mass is 472 g/mol. The Kier molecular flexibility index (Phi) is 5.59. The third-order valence-corrected chi connectivity index (χ3v) is 6.75. The molecule has 34 heavy (non-hydrogen) atoms. The van der Waals surface area contributed by atoms with Gasteiger partial charge in [0, 0.05) is 35.4 Å². The number of nitrogens with zero attached hydrogens (tertiary/aromatic N) is 2. The first kappa shape index (κ1) is 21.8. The van der Waals surface area contributed by atoms with Gasteiger partial charge >= 0.3 is 0 Å². The van der Waals surface area contributed by atoms with Crippen molar-refractivity contribution in [3.05, 3.63) is 94.1 Å². The molecular formula is C26H21FN4O2S. The molecule has 0 saturated carbocycles. The highest BCUT2D eigenvalue weighted by Crippen LogP contribution is 2.39. The zero-order valence-corrected chi connectivity index (χ0v) is 19.3. The number of hydrogen-bond acceptors (Lipinski definition) is 4. The van der Waals surface area contributed by atoms with E-state index in [0.29, 0.717) is 16.8 Å². The van der Waals surface area contributed by atoms with Crippen LogP contribution in [0, 0.1) is 5.82 Å². The first-order valence-corrected chi connectivity index (χ1v) is 11.6. The number of hydrogen-bond donors (Lipinski definition) is 2. The third-order valence-electron chi connectivity index (χ3n) is 5.86. The molecule has 0 fully saturated rings. The topological polar surface area (TPSA) is 79.8 Å². The molecule has 0 bridgehead atoms. The predicted molar refractivity (Wildman–Crippen MR) is 134 cm³/mol. The maximum atomic E-state index is 13.2. The summed E-state index contributed by atoms with van der Waals surface area (Å²) in [5.74, 6) is -0.690. The second-order valence-electron chi connectivity index (χ2n) is 8.07. The highest BCUT2D eigenvalue weighted by molar-refractivity contribution is 7.13. The highest BCUT2D eigenvalue weighted by atomic mass is 32.1. The van der Waals surface area contributed by atoms with Crippen molar-refractivity contribution in [2.24, 2.45) is 7.05 Å². The number of H-pyrrole nitrogens is 1. The van der Waals surface area contributed by atoms with E-state index in [0.717, 1.165) is 27.2 Å². The summed E-state index contributed by atoms with van der Waals surface area (Å²) < 4.78 is 14.8. The zero-order chi connectivity index (χ0) is 23.8. The van der Waals surface area contributed by atoms with Crippen LogP contribution in [-0.4, -0.2) is 20.4 Å². The molecule has 0 spiro atoms. The van der Waals surface area contributed by atoms with Crippen LogP contribution in [0.3, 0.4) is 0 Å². The SMILES string of the molecule is CC(C(=O)Nc1cc(-c2[nH]c3ccn(C)c(=O)c3c2-c2cccs2)ccn1)c1ccc(F)cc1. The Labute approximate surface area is 198 Å². The van der Waals surface area contributed by atoms with Crippen molar-refractivity contribution >= 4 is 34.0 Å². The second-order valence-corrected chi connectivity index (χ2v) is 9.01. The molecule has 4 aromatic heterocycles. The number of aromatic nitrogens is 3. The largest absolute Gasteiger partial charge is 0.354 e. The van der Waals surface area contributed by atoms with E-state index in [1.54, 1.807) is 60.5 Å². The number of amides is 1. The highest BCUT2D eigenvalue weighted by Gasteiger charge is 2.20. The van der Waals surface area contributed by atoms with E-state index in [9.17, 15) is 14.0 Å². The number of nitrogens with one attached hydrogen (secondary N) is 2. The van der Waals surface area contributed by atoms with E-state index in [-0.39, 0.29) is 17.3 Å². The lowest BCUT2D eigenvalue weighted by molar-refractivity contribution is -0.117. The van der Waals surface area contributed by atoms with Crippen molar-refractivity contribution < 1.29 is 9.18 Å². The van der Waals surface area contributed by atoms with Gasteiger partial charge in [-0.25, -0.2) is 9.37 Å². The summed E-state index contributed by atoms with van der Waals surface area (Å²) >= 11 is 1.56. The van der Waals surface area contributed by atoms with Gasteiger partial charge in [-0.3, -0.25) is 9.59 Å². The smallest absolute Gasteiger partial charge is 0.260 e. The minimum absolute atomic E-state index is 0.0842. The Morgan fingerprint density at radius 3 is 2.71 bits per heavy atom. The van der Waals surface area contributed by atoms with Crippen LogP contribution in [0.5, 0.6) is 0 Å². The van der Waals surface area contributed by atoms with E-state index in [1.165, 1.54) is 12.1 Å². The lowest BCUT2D eigenvalue weighted by Crippen LogP contribution is -2.19. The summed E-state index contributed by atoms with van der Waals surface area (Å²) in [7, 11) is 1.73. The third kappa shape index (κ3) is 3.92. The summed E-state index contributed by atoms with van der Waals surface area (Å²) in [4.78, 5) is 34.5. The van der Waals surface area contributed by atoms with Crippen molar-refractivity contribution in [3.63, 3.8) is 0 Å². The number of thiophene rings is 1. The molecule has 5 rings (SSSR count). The fourth-order valence-electron chi connectivity index (χ4n) is 3.97. The van der Waals surface area contributed by atoms with Gasteiger partial charge in [-0.15, -0.1) is 11.3 Å². The molecule has 0 aliphatic rings. The lowest BCUT2D eigenvalue weighted by atomic mass is 10.0. The number of fused-ring (bicyclic) bond motifs is 1. The Bertz CT molecular complexity index is 1550. The Balaban J connectivity index is 1.54. The standard InChI is InChI=1S/C26H21FN4O2S/c1-15(16-5-7-18(27)8-6-16)25(32)30-21-14-17(9-11-28-21)24-23(20-4-3-13-34-20)22-19(29-24)10-12-31(2)26(22)33/h3-15,29H,1-2H3,(H,28,30,32). The van der Waals surface area contributed by atoms with Crippen LogP contribution >= 0.6 is 11.3 Å². The van der Waals surface area contributed by atoms with E-state index in [4.69, 9.17) is 0 Å². The first-order chi connectivity index (χ1) is 16.4. The number of halogens is 1. The van der Waals surface area contributed by atoms with Crippen molar-refractivity contribution in [1.29, 1.82) is 0 Å². The number of aromatic amines is 1. The molecule has 170 valence electrons. The number of aryl methyl sites for hydroxylation is 1. The summed E-state index contributed by atoms with van der Waals surface area (Å²) in [6, 6.07) is 15.3. The molecule has 2 N–H and O–H groups in total. The fraction of sp³-hybridized carbons (Fsp3) is 0.115. The molecular weight excluding hydrogens is 451 g/mol. The molecule has 5 aromatic rings. The van der Waals surface area contributed by atoms with Crippen LogP contribution < -0.4 is 10.9 Å². The predicted octanol–water partition coefficient (Wildman–Crippen LogP) is 5.54. The molecule has 1 amide bonds. The van der Waals surface area contributed by atoms with Crippen LogP contribution in [-0.2, 0) is 11.8 Å². The van der Waals surface area contributed by atoms with Gasteiger partial charge in [-0.2, -0.15) is 0 Å². The average Bonchev–Trinajstić information content (AvgIpc) is 3.50. The number of benzene rings is 1. The lowest BCUT2D eigenvalue weighted by Gasteiger charge is -2.13. The molecule has 4 heterocycles. The van der Waals surface area contributed by atoms with Crippen molar-refractivity contribution in [2.75, 3.05) is 5.32 Å². The first-order valence-electron chi connectivity index (χ1n) is 10.7. The summed E-state index contributed by atoms with van der Waals surface area (Å²) in [5.41, 5.74) is 3.77. The van der Waals surface area contributed by atoms with E-state index >= 15 is 0 Å². The van der Waals surface area contributed by atoms with Gasteiger partial charge in [0.05, 0.1) is 22.5 Å². The maximum absolute atomic E-state index is 13.2. The van der Waals surface area contributed by atoms with Crippen LogP contribution in [0.4, 0.5) is 10.2 Å². The summed E-state index contributed by atoms with van der Waals surface area (Å²) in [5, 5.41) is 5.45. The van der Waals surface area contributed by atoms with Crippen LogP contribution in [0.2, 0.25) is 0 Å². The second kappa shape index (κ2) is 8.72. The van der Waals surface area contributed by atoms with Gasteiger partial charge in [0.25, 0.3) is 5.56 Å². The Morgan fingerprint density at radius 2 is 1.97 bits per heavy atom. The molecule has 0 saturated heterocycles. The Morgan fingerprint density at radius 1 is 1.18 bits per heavy atom. The van der Waals surface area contributed by atoms with Crippen LogP contribution in [0.25, 0.3) is 32.6 Å². The molecule has 1 unspecified atom stereocenters. The fourth-order valence-corrected chi connectivity index (χ4v) is 4.76. The van der Waals surface area contributed by atoms with Crippen molar-refractivity contribution in [1.82, 2.24) is 14.5 Å². The summed E-state index contributed by atoms with van der Waals surface area (Å²) in [6.45, 7) is 1.76. The van der Waals surface area contributed by atoms with Crippen molar-refractivity contribution in [2.45, 2.75) is 12.8 Å². The van der Waals surface area contributed by atoms with Gasteiger partial charge in [-0.1, -0.05) is 18.2 Å². The normalized spacial score (nSPS) is 12.1. The average molecular weight is 473 g/mol. The molecule has 1 atom stereocenters. The Hall–Kier alpha value is -4.04. The van der Waals surface area contributed by atoms with Crippen LogP contribution in [0.15, 0.2) is 77.2 Å². The van der Waals surface area contributed by atoms with Gasteiger partial charge in [0.15, 0.2) is 0 Å². The minimum Gasteiger partial charge on any atom is -0.354 e. The molecule has 0 radical (unpaired) electrons. The van der Waals surface area contributed by atoms with Gasteiger partial charge < -0.3 is 14.9 Å². The van der Waals surface area contributed by atoms with Gasteiger partial charge in [0.2, 0.25) is 5.91 Å². The number of rotatable bonds is 5. The molecule has 6 nitrogen and oxygen atoms in total. The van der Waals surface area contributed by atoms with Gasteiger partial charge in [-0.05, 0) is 54.3 Å². The number of carbonyl (C=O) groups is 1. The zero-order valence-electron chi connectivity index (χ0n) is 18.5. The van der Waals surface area contributed by atoms with Crippen molar-refractivity contribution in [3.8, 4) is 21.7 Å². The summed E-state index contributed by atoms with van der Waals surface area (Å²) in [6.07, 6.45) is 3.35. The number of carbonyl (C=O) groups excluding carboxylic acids is 1. The molecule has 1 aromatic carbocycles.